The molecule has 152 valence electrons. The molecule has 0 aromatic heterocycles. The van der Waals surface area contributed by atoms with E-state index in [0.29, 0.717) is 0 Å². The molecule has 0 saturated heterocycles. The molecule has 0 bridgehead atoms. The van der Waals surface area contributed by atoms with Crippen LogP contribution in [0.25, 0.3) is 0 Å². The largest absolute Gasteiger partial charge is 0.482 e. The number of carbonyl (C=O) groups excluding carboxylic acids is 3. The Balaban J connectivity index is 2.08. The standard InChI is InChI=1S/C18H23N3O7/c1-11(2)20(12(3)4)17(23)10-28-18(24)8-19-14-7-13(21(25)26)5-6-15(14)27-9-16(19)22/h5-7,11-12H,8-10H2,1-4H3. The molecular weight excluding hydrogens is 370 g/mol. The van der Waals surface area contributed by atoms with Gasteiger partial charge in [0.05, 0.1) is 10.6 Å². The monoisotopic (exact) mass is 393 g/mol. The van der Waals surface area contributed by atoms with E-state index in [9.17, 15) is 24.5 Å². The molecule has 2 rings (SSSR count). The van der Waals surface area contributed by atoms with E-state index >= 15 is 0 Å². The van der Waals surface area contributed by atoms with Crippen molar-refractivity contribution >= 4 is 29.2 Å². The second kappa shape index (κ2) is 8.68. The van der Waals surface area contributed by atoms with Crippen molar-refractivity contribution in [1.82, 2.24) is 4.90 Å². The molecule has 0 saturated carbocycles. The number of rotatable bonds is 7. The quantitative estimate of drug-likeness (QED) is 0.391. The Labute approximate surface area is 162 Å². The molecule has 1 aromatic rings. The van der Waals surface area contributed by atoms with E-state index in [1.807, 2.05) is 27.7 Å². The molecule has 0 unspecified atom stereocenters. The van der Waals surface area contributed by atoms with E-state index < -0.39 is 30.0 Å². The third kappa shape index (κ3) is 4.76. The maximum Gasteiger partial charge on any atom is 0.326 e. The average Bonchev–Trinajstić information content (AvgIpc) is 2.61. The molecule has 1 aromatic carbocycles. The molecule has 0 N–H and O–H groups in total. The number of anilines is 1. The van der Waals surface area contributed by atoms with Gasteiger partial charge in [-0.3, -0.25) is 29.4 Å². The van der Waals surface area contributed by atoms with E-state index in [1.165, 1.54) is 12.1 Å². The number of carbonyl (C=O) groups is 3. The van der Waals surface area contributed by atoms with Gasteiger partial charge >= 0.3 is 5.97 Å². The molecule has 2 amide bonds. The van der Waals surface area contributed by atoms with Crippen molar-refractivity contribution in [3.05, 3.63) is 28.3 Å². The minimum absolute atomic E-state index is 0.0561. The molecule has 0 radical (unpaired) electrons. The van der Waals surface area contributed by atoms with Crippen molar-refractivity contribution in [2.75, 3.05) is 24.7 Å². The van der Waals surface area contributed by atoms with E-state index in [4.69, 9.17) is 9.47 Å². The van der Waals surface area contributed by atoms with Crippen molar-refractivity contribution in [3.63, 3.8) is 0 Å². The van der Waals surface area contributed by atoms with E-state index in [-0.39, 0.29) is 41.7 Å². The van der Waals surface area contributed by atoms with Crippen LogP contribution in [0.5, 0.6) is 5.75 Å². The topological polar surface area (TPSA) is 119 Å². The number of nitrogens with zero attached hydrogens (tertiary/aromatic N) is 3. The number of fused-ring (bicyclic) bond motifs is 1. The highest BCUT2D eigenvalue weighted by Gasteiger charge is 2.30. The van der Waals surface area contributed by atoms with Crippen molar-refractivity contribution in [2.24, 2.45) is 0 Å². The van der Waals surface area contributed by atoms with Crippen LogP contribution >= 0.6 is 0 Å². The summed E-state index contributed by atoms with van der Waals surface area (Å²) in [6.07, 6.45) is 0. The number of nitro benzene ring substituents is 1. The second-order valence-electron chi connectivity index (χ2n) is 6.83. The van der Waals surface area contributed by atoms with Crippen LogP contribution in [-0.2, 0) is 19.1 Å². The van der Waals surface area contributed by atoms with Crippen molar-refractivity contribution in [1.29, 1.82) is 0 Å². The summed E-state index contributed by atoms with van der Waals surface area (Å²) in [5, 5.41) is 11.0. The summed E-state index contributed by atoms with van der Waals surface area (Å²) in [6, 6.07) is 3.66. The lowest BCUT2D eigenvalue weighted by Gasteiger charge is -2.31. The van der Waals surface area contributed by atoms with E-state index in [0.717, 1.165) is 11.0 Å². The van der Waals surface area contributed by atoms with Crippen molar-refractivity contribution in [2.45, 2.75) is 39.8 Å². The molecule has 0 aliphatic carbocycles. The van der Waals surface area contributed by atoms with Crippen LogP contribution in [0.2, 0.25) is 0 Å². The summed E-state index contributed by atoms with van der Waals surface area (Å²) in [6.45, 7) is 6.20. The number of non-ortho nitro benzene ring substituents is 1. The smallest absolute Gasteiger partial charge is 0.326 e. The summed E-state index contributed by atoms with van der Waals surface area (Å²) in [7, 11) is 0. The van der Waals surface area contributed by atoms with Gasteiger partial charge in [0.15, 0.2) is 13.2 Å². The van der Waals surface area contributed by atoms with Crippen LogP contribution in [0.3, 0.4) is 0 Å². The van der Waals surface area contributed by atoms with Crippen LogP contribution in [0.15, 0.2) is 18.2 Å². The highest BCUT2D eigenvalue weighted by atomic mass is 16.6. The van der Waals surface area contributed by atoms with Crippen LogP contribution in [-0.4, -0.2) is 59.4 Å². The summed E-state index contributed by atoms with van der Waals surface area (Å²) in [4.78, 5) is 49.6. The van der Waals surface area contributed by atoms with Gasteiger partial charge in [0.2, 0.25) is 0 Å². The van der Waals surface area contributed by atoms with Crippen molar-refractivity contribution < 1.29 is 28.8 Å². The molecule has 1 aliphatic heterocycles. The minimum Gasteiger partial charge on any atom is -0.482 e. The van der Waals surface area contributed by atoms with Gasteiger partial charge in [-0.2, -0.15) is 0 Å². The average molecular weight is 393 g/mol. The van der Waals surface area contributed by atoms with Gasteiger partial charge in [0, 0.05) is 24.2 Å². The first kappa shape index (κ1) is 21.1. The number of hydrogen-bond donors (Lipinski definition) is 0. The van der Waals surface area contributed by atoms with Gasteiger partial charge in [-0.15, -0.1) is 0 Å². The Hall–Kier alpha value is -3.17. The Morgan fingerprint density at radius 3 is 2.50 bits per heavy atom. The summed E-state index contributed by atoms with van der Waals surface area (Å²) >= 11 is 0. The third-order valence-electron chi connectivity index (χ3n) is 4.14. The normalized spacial score (nSPS) is 13.2. The Kier molecular flexibility index (Phi) is 6.55. The predicted molar refractivity (Wildman–Crippen MR) is 99.0 cm³/mol. The fourth-order valence-electron chi connectivity index (χ4n) is 3.04. The van der Waals surface area contributed by atoms with Crippen LogP contribution in [0.4, 0.5) is 11.4 Å². The van der Waals surface area contributed by atoms with E-state index in [2.05, 4.69) is 0 Å². The number of benzene rings is 1. The Morgan fingerprint density at radius 2 is 1.93 bits per heavy atom. The lowest BCUT2D eigenvalue weighted by molar-refractivity contribution is -0.384. The maximum atomic E-state index is 12.3. The first-order chi connectivity index (χ1) is 13.1. The molecule has 1 heterocycles. The number of ether oxygens (including phenoxy) is 2. The molecular formula is C18H23N3O7. The highest BCUT2D eigenvalue weighted by molar-refractivity contribution is 6.01. The lowest BCUT2D eigenvalue weighted by Crippen LogP contribution is -2.45. The maximum absolute atomic E-state index is 12.3. The Morgan fingerprint density at radius 1 is 1.29 bits per heavy atom. The molecule has 1 aliphatic rings. The van der Waals surface area contributed by atoms with Crippen LogP contribution in [0.1, 0.15) is 27.7 Å². The fraction of sp³-hybridized carbons (Fsp3) is 0.500. The first-order valence-corrected chi connectivity index (χ1v) is 8.80. The third-order valence-corrected chi connectivity index (χ3v) is 4.14. The number of hydrogen-bond acceptors (Lipinski definition) is 7. The van der Waals surface area contributed by atoms with Crippen LogP contribution < -0.4 is 9.64 Å². The Bertz CT molecular complexity index is 783. The van der Waals surface area contributed by atoms with E-state index in [1.54, 1.807) is 4.90 Å². The minimum atomic E-state index is -0.798. The molecule has 10 heteroatoms. The summed E-state index contributed by atoms with van der Waals surface area (Å²) in [5.74, 6) is -1.43. The molecule has 0 atom stereocenters. The summed E-state index contributed by atoms with van der Waals surface area (Å²) < 4.78 is 10.3. The zero-order valence-electron chi connectivity index (χ0n) is 16.2. The zero-order chi connectivity index (χ0) is 21.0. The van der Waals surface area contributed by atoms with Gasteiger partial charge in [0.1, 0.15) is 12.3 Å². The number of esters is 1. The molecule has 0 fully saturated rings. The highest BCUT2D eigenvalue weighted by Crippen LogP contribution is 2.35. The SMILES string of the molecule is CC(C)N(C(=O)COC(=O)CN1C(=O)COc2ccc([N+](=O)[O-])cc21)C(C)C. The van der Waals surface area contributed by atoms with Gasteiger partial charge in [-0.25, -0.2) is 0 Å². The van der Waals surface area contributed by atoms with Gasteiger partial charge in [-0.05, 0) is 33.8 Å². The first-order valence-electron chi connectivity index (χ1n) is 8.80. The van der Waals surface area contributed by atoms with Crippen LogP contribution in [0, 0.1) is 10.1 Å². The molecule has 10 nitrogen and oxygen atoms in total. The second-order valence-corrected chi connectivity index (χ2v) is 6.83. The zero-order valence-corrected chi connectivity index (χ0v) is 16.2. The fourth-order valence-corrected chi connectivity index (χ4v) is 3.04. The van der Waals surface area contributed by atoms with Gasteiger partial charge in [0.25, 0.3) is 17.5 Å². The predicted octanol–water partition coefficient (Wildman–Crippen LogP) is 1.51. The lowest BCUT2D eigenvalue weighted by atomic mass is 10.2. The molecule has 0 spiro atoms. The summed E-state index contributed by atoms with van der Waals surface area (Å²) in [5.41, 5.74) is -0.130. The number of amides is 2. The van der Waals surface area contributed by atoms with Crippen molar-refractivity contribution in [3.8, 4) is 5.75 Å². The molecule has 28 heavy (non-hydrogen) atoms. The van der Waals surface area contributed by atoms with Gasteiger partial charge < -0.3 is 14.4 Å². The van der Waals surface area contributed by atoms with Gasteiger partial charge in [-0.1, -0.05) is 0 Å². The number of nitro groups is 1.